The third kappa shape index (κ3) is 8.49. The Morgan fingerprint density at radius 2 is 2.06 bits per heavy atom. The molecule has 32 heavy (non-hydrogen) atoms. The molecule has 1 aliphatic rings. The molecule has 1 aromatic carbocycles. The molecule has 0 unspecified atom stereocenters. The van der Waals surface area contributed by atoms with Crippen LogP contribution in [-0.2, 0) is 24.2 Å². The van der Waals surface area contributed by atoms with Crippen LogP contribution in [0.15, 0.2) is 35.6 Å². The fourth-order valence-corrected chi connectivity index (χ4v) is 3.91. The molecule has 178 valence electrons. The number of aliphatic imine (C=N–C) groups is 1. The van der Waals surface area contributed by atoms with E-state index in [-0.39, 0.29) is 24.0 Å². The zero-order chi connectivity index (χ0) is 21.9. The Morgan fingerprint density at radius 3 is 2.78 bits per heavy atom. The standard InChI is InChI=1S/C22H34ClN7O.HI/c1-3-21-27-26-18-30(21)10-9-25-22(24-8-5-15-31-2)29-13-11-28(12-14-29)17-19-6-4-7-20(23)16-19;/h4,6-7,16,18H,3,5,8-15,17H2,1-2H3,(H,24,25);1H. The van der Waals surface area contributed by atoms with Crippen LogP contribution < -0.4 is 5.32 Å². The van der Waals surface area contributed by atoms with Gasteiger partial charge in [-0.15, -0.1) is 34.2 Å². The van der Waals surface area contributed by atoms with E-state index in [1.54, 1.807) is 13.4 Å². The lowest BCUT2D eigenvalue weighted by molar-refractivity contribution is 0.172. The maximum atomic E-state index is 6.13. The Bertz CT molecular complexity index is 824. The van der Waals surface area contributed by atoms with Gasteiger partial charge in [0.2, 0.25) is 0 Å². The Kier molecular flexibility index (Phi) is 12.3. The molecule has 8 nitrogen and oxygen atoms in total. The van der Waals surface area contributed by atoms with Crippen LogP contribution in [0.2, 0.25) is 5.02 Å². The average molecular weight is 576 g/mol. The molecule has 1 aliphatic heterocycles. The molecule has 1 aromatic heterocycles. The second kappa shape index (κ2) is 14.7. The van der Waals surface area contributed by atoms with Gasteiger partial charge in [-0.1, -0.05) is 30.7 Å². The van der Waals surface area contributed by atoms with Gasteiger partial charge in [0.15, 0.2) is 5.96 Å². The van der Waals surface area contributed by atoms with Crippen molar-refractivity contribution in [3.05, 3.63) is 47.0 Å². The largest absolute Gasteiger partial charge is 0.385 e. The van der Waals surface area contributed by atoms with E-state index in [1.807, 2.05) is 18.2 Å². The minimum atomic E-state index is 0. The van der Waals surface area contributed by atoms with Crippen LogP contribution in [-0.4, -0.2) is 83.5 Å². The Labute approximate surface area is 213 Å². The highest BCUT2D eigenvalue weighted by atomic mass is 127. The minimum absolute atomic E-state index is 0. The average Bonchev–Trinajstić information content (AvgIpc) is 3.24. The third-order valence-electron chi connectivity index (χ3n) is 5.38. The number of rotatable bonds is 10. The van der Waals surface area contributed by atoms with Crippen LogP contribution in [0.4, 0.5) is 0 Å². The Balaban J connectivity index is 0.00000363. The van der Waals surface area contributed by atoms with Crippen molar-refractivity contribution in [3.63, 3.8) is 0 Å². The molecule has 0 saturated carbocycles. The molecule has 2 aromatic rings. The summed E-state index contributed by atoms with van der Waals surface area (Å²) in [6.45, 7) is 10.0. The molecular weight excluding hydrogens is 541 g/mol. The highest BCUT2D eigenvalue weighted by molar-refractivity contribution is 14.0. The van der Waals surface area contributed by atoms with Crippen molar-refractivity contribution < 1.29 is 4.74 Å². The molecule has 0 spiro atoms. The summed E-state index contributed by atoms with van der Waals surface area (Å²) in [5.41, 5.74) is 1.26. The molecule has 1 fully saturated rings. The molecule has 0 bridgehead atoms. The highest BCUT2D eigenvalue weighted by Gasteiger charge is 2.20. The number of hydrogen-bond acceptors (Lipinski definition) is 5. The van der Waals surface area contributed by atoms with Gasteiger partial charge in [0, 0.05) is 77.5 Å². The van der Waals surface area contributed by atoms with E-state index in [1.165, 1.54) is 5.56 Å². The zero-order valence-corrected chi connectivity index (χ0v) is 22.1. The number of ether oxygens (including phenoxy) is 1. The quantitative estimate of drug-likeness (QED) is 0.203. The van der Waals surface area contributed by atoms with Crippen molar-refractivity contribution in [2.45, 2.75) is 32.9 Å². The number of benzene rings is 1. The van der Waals surface area contributed by atoms with Crippen LogP contribution >= 0.6 is 35.6 Å². The summed E-state index contributed by atoms with van der Waals surface area (Å²) in [6.07, 6.45) is 3.60. The van der Waals surface area contributed by atoms with E-state index in [2.05, 4.69) is 42.9 Å². The van der Waals surface area contributed by atoms with Crippen LogP contribution in [0, 0.1) is 0 Å². The fraction of sp³-hybridized carbons (Fsp3) is 0.591. The monoisotopic (exact) mass is 575 g/mol. The predicted molar refractivity (Wildman–Crippen MR) is 140 cm³/mol. The maximum absolute atomic E-state index is 6.13. The molecule has 1 saturated heterocycles. The number of aromatic nitrogens is 3. The first-order valence-electron chi connectivity index (χ1n) is 11.0. The van der Waals surface area contributed by atoms with Gasteiger partial charge in [0.1, 0.15) is 12.2 Å². The van der Waals surface area contributed by atoms with Crippen molar-refractivity contribution in [1.82, 2.24) is 29.9 Å². The van der Waals surface area contributed by atoms with Gasteiger partial charge in [0.05, 0.1) is 0 Å². The molecule has 1 N–H and O–H groups in total. The Morgan fingerprint density at radius 1 is 1.25 bits per heavy atom. The molecule has 3 rings (SSSR count). The molecular formula is C22H35ClIN7O. The summed E-state index contributed by atoms with van der Waals surface area (Å²) in [7, 11) is 1.73. The first kappa shape index (κ1) is 26.8. The van der Waals surface area contributed by atoms with Crippen LogP contribution in [0.1, 0.15) is 24.7 Å². The summed E-state index contributed by atoms with van der Waals surface area (Å²) >= 11 is 6.13. The van der Waals surface area contributed by atoms with Crippen molar-refractivity contribution >= 4 is 41.5 Å². The first-order chi connectivity index (χ1) is 15.2. The molecule has 2 heterocycles. The van der Waals surface area contributed by atoms with E-state index >= 15 is 0 Å². The van der Waals surface area contributed by atoms with Crippen LogP contribution in [0.25, 0.3) is 0 Å². The number of methoxy groups -OCH3 is 1. The smallest absolute Gasteiger partial charge is 0.194 e. The van der Waals surface area contributed by atoms with E-state index < -0.39 is 0 Å². The summed E-state index contributed by atoms with van der Waals surface area (Å²) in [6, 6.07) is 8.12. The van der Waals surface area contributed by atoms with Gasteiger partial charge in [-0.25, -0.2) is 0 Å². The molecule has 0 atom stereocenters. The second-order valence-electron chi connectivity index (χ2n) is 7.67. The number of halogens is 2. The summed E-state index contributed by atoms with van der Waals surface area (Å²) in [5.74, 6) is 1.99. The summed E-state index contributed by atoms with van der Waals surface area (Å²) < 4.78 is 7.26. The number of hydrogen-bond donors (Lipinski definition) is 1. The van der Waals surface area contributed by atoms with Gasteiger partial charge in [0.25, 0.3) is 0 Å². The van der Waals surface area contributed by atoms with Crippen LogP contribution in [0.3, 0.4) is 0 Å². The van der Waals surface area contributed by atoms with Crippen molar-refractivity contribution in [2.24, 2.45) is 4.99 Å². The first-order valence-corrected chi connectivity index (χ1v) is 11.4. The van der Waals surface area contributed by atoms with Gasteiger partial charge in [-0.05, 0) is 24.1 Å². The second-order valence-corrected chi connectivity index (χ2v) is 8.10. The number of nitrogens with zero attached hydrogens (tertiary/aromatic N) is 6. The predicted octanol–water partition coefficient (Wildman–Crippen LogP) is 2.91. The zero-order valence-electron chi connectivity index (χ0n) is 19.0. The topological polar surface area (TPSA) is 70.8 Å². The highest BCUT2D eigenvalue weighted by Crippen LogP contribution is 2.14. The van der Waals surface area contributed by atoms with Gasteiger partial charge >= 0.3 is 0 Å². The normalized spacial score (nSPS) is 15.0. The minimum Gasteiger partial charge on any atom is -0.385 e. The number of aryl methyl sites for hydroxylation is 1. The summed E-state index contributed by atoms with van der Waals surface area (Å²) in [4.78, 5) is 9.66. The molecule has 10 heteroatoms. The van der Waals surface area contributed by atoms with Gasteiger partial charge in [-0.3, -0.25) is 9.89 Å². The lowest BCUT2D eigenvalue weighted by atomic mass is 10.2. The van der Waals surface area contributed by atoms with E-state index in [9.17, 15) is 0 Å². The van der Waals surface area contributed by atoms with Crippen molar-refractivity contribution in [2.75, 3.05) is 53.0 Å². The summed E-state index contributed by atoms with van der Waals surface area (Å²) in [5, 5.41) is 12.5. The molecule has 0 amide bonds. The Hall–Kier alpha value is -1.43. The lowest BCUT2D eigenvalue weighted by Gasteiger charge is -2.36. The maximum Gasteiger partial charge on any atom is 0.194 e. The molecule has 0 radical (unpaired) electrons. The van der Waals surface area contributed by atoms with Gasteiger partial charge < -0.3 is 19.5 Å². The van der Waals surface area contributed by atoms with E-state index in [0.717, 1.165) is 88.6 Å². The van der Waals surface area contributed by atoms with Gasteiger partial charge in [-0.2, -0.15) is 0 Å². The number of guanidine groups is 1. The lowest BCUT2D eigenvalue weighted by Crippen LogP contribution is -2.52. The third-order valence-corrected chi connectivity index (χ3v) is 5.62. The fourth-order valence-electron chi connectivity index (χ4n) is 3.70. The van der Waals surface area contributed by atoms with E-state index in [4.69, 9.17) is 21.3 Å². The number of nitrogens with one attached hydrogen (secondary N) is 1. The molecule has 0 aliphatic carbocycles. The van der Waals surface area contributed by atoms with Crippen LogP contribution in [0.5, 0.6) is 0 Å². The van der Waals surface area contributed by atoms with Crippen molar-refractivity contribution in [3.8, 4) is 0 Å². The van der Waals surface area contributed by atoms with Crippen molar-refractivity contribution in [1.29, 1.82) is 0 Å². The van der Waals surface area contributed by atoms with E-state index in [0.29, 0.717) is 0 Å². The SMILES string of the molecule is CCc1nncn1CCNC(=NCCCOC)N1CCN(Cc2cccc(Cl)c2)CC1.I. The number of piperazine rings is 1.